The van der Waals surface area contributed by atoms with Gasteiger partial charge in [-0.1, -0.05) is 24.3 Å². The van der Waals surface area contributed by atoms with Crippen LogP contribution in [-0.2, 0) is 4.74 Å². The predicted molar refractivity (Wildman–Crippen MR) is 108 cm³/mol. The van der Waals surface area contributed by atoms with Gasteiger partial charge in [0.15, 0.2) is 5.84 Å². The van der Waals surface area contributed by atoms with Gasteiger partial charge in [-0.2, -0.15) is 4.99 Å². The number of H-pyrrole nitrogens is 1. The van der Waals surface area contributed by atoms with E-state index in [0.29, 0.717) is 23.0 Å². The first kappa shape index (κ1) is 19.8. The van der Waals surface area contributed by atoms with E-state index in [-0.39, 0.29) is 23.9 Å². The number of esters is 1. The minimum absolute atomic E-state index is 0.0406. The van der Waals surface area contributed by atoms with Crippen LogP contribution in [0.4, 0.5) is 0 Å². The van der Waals surface area contributed by atoms with E-state index < -0.39 is 5.97 Å². The summed E-state index contributed by atoms with van der Waals surface area (Å²) < 4.78 is 16.1. The van der Waals surface area contributed by atoms with E-state index in [4.69, 9.17) is 19.6 Å². The van der Waals surface area contributed by atoms with Crippen LogP contribution in [0, 0.1) is 5.41 Å². The van der Waals surface area contributed by atoms with Crippen LogP contribution in [-0.4, -0.2) is 41.4 Å². The second kappa shape index (κ2) is 9.32. The van der Waals surface area contributed by atoms with Crippen LogP contribution in [0.15, 0.2) is 65.8 Å². The van der Waals surface area contributed by atoms with E-state index in [1.807, 2.05) is 18.2 Å². The molecule has 148 valence electrons. The van der Waals surface area contributed by atoms with Gasteiger partial charge in [0, 0.05) is 12.3 Å². The molecule has 8 heteroatoms. The molecule has 3 rings (SSSR count). The molecule has 29 heavy (non-hydrogen) atoms. The Hall–Kier alpha value is -3.94. The van der Waals surface area contributed by atoms with Gasteiger partial charge in [0.25, 0.3) is 0 Å². The van der Waals surface area contributed by atoms with Crippen molar-refractivity contribution in [3.63, 3.8) is 0 Å². The molecule has 0 unspecified atom stereocenters. The Kier molecular flexibility index (Phi) is 6.36. The highest BCUT2D eigenvalue weighted by molar-refractivity contribution is 6.11. The molecule has 0 aliphatic heterocycles. The van der Waals surface area contributed by atoms with Crippen LogP contribution in [0.5, 0.6) is 11.6 Å². The first-order chi connectivity index (χ1) is 14.1. The second-order valence-corrected chi connectivity index (χ2v) is 5.73. The first-order valence-electron chi connectivity index (χ1n) is 8.88. The number of ether oxygens (including phenoxy) is 3. The van der Waals surface area contributed by atoms with Crippen molar-refractivity contribution in [3.05, 3.63) is 77.7 Å². The zero-order valence-corrected chi connectivity index (χ0v) is 16.0. The number of hydrogen-bond acceptors (Lipinski definition) is 6. The third kappa shape index (κ3) is 4.86. The van der Waals surface area contributed by atoms with Crippen molar-refractivity contribution >= 4 is 17.7 Å². The number of pyridine rings is 1. The Balaban J connectivity index is 2.02. The molecule has 2 N–H and O–H groups in total. The number of carbonyl (C=O) groups excluding carboxylic acids is 1. The Morgan fingerprint density at radius 3 is 2.66 bits per heavy atom. The number of amidine groups is 1. The normalized spacial score (nSPS) is 11.0. The van der Waals surface area contributed by atoms with Crippen LogP contribution in [0.3, 0.4) is 0 Å². The third-order valence-corrected chi connectivity index (χ3v) is 3.80. The molecule has 2 heterocycles. The smallest absolute Gasteiger partial charge is 0.340 e. The van der Waals surface area contributed by atoms with Crippen molar-refractivity contribution in [1.82, 2.24) is 9.97 Å². The maximum Gasteiger partial charge on any atom is 0.340 e. The average molecular weight is 392 g/mol. The standard InChI is InChI=1S/C21H20N4O4/c1-3-28-21(26)15-12-13-23-18(15)20(29-14-8-5-4-6-9-14)25-19(22)16-10-7-11-17(24-16)27-2/h4-13,22-23H,3H2,1-2H3/b22-19?,25-20+. The highest BCUT2D eigenvalue weighted by Gasteiger charge is 2.21. The zero-order valence-electron chi connectivity index (χ0n) is 16.0. The Morgan fingerprint density at radius 1 is 1.14 bits per heavy atom. The zero-order chi connectivity index (χ0) is 20.6. The van der Waals surface area contributed by atoms with Crippen molar-refractivity contribution in [2.24, 2.45) is 4.99 Å². The predicted octanol–water partition coefficient (Wildman–Crippen LogP) is 3.45. The van der Waals surface area contributed by atoms with Crippen molar-refractivity contribution in [2.45, 2.75) is 6.92 Å². The van der Waals surface area contributed by atoms with Crippen LogP contribution < -0.4 is 9.47 Å². The summed E-state index contributed by atoms with van der Waals surface area (Å²) >= 11 is 0. The molecule has 0 fully saturated rings. The number of hydrogen-bond donors (Lipinski definition) is 2. The van der Waals surface area contributed by atoms with Crippen molar-refractivity contribution in [3.8, 4) is 11.6 Å². The van der Waals surface area contributed by atoms with E-state index in [1.165, 1.54) is 7.11 Å². The Labute approximate surface area is 167 Å². The average Bonchev–Trinajstić information content (AvgIpc) is 3.24. The molecule has 0 saturated heterocycles. The molecule has 0 spiro atoms. The fourth-order valence-corrected chi connectivity index (χ4v) is 2.47. The number of aromatic amines is 1. The van der Waals surface area contributed by atoms with Crippen LogP contribution in [0.25, 0.3) is 0 Å². The number of benzene rings is 1. The SMILES string of the molecule is CCOC(=O)c1cc[nH]c1/C(=N\C(=N)c1cccc(OC)n1)Oc1ccccc1. The number of nitrogens with zero attached hydrogens (tertiary/aromatic N) is 2. The second-order valence-electron chi connectivity index (χ2n) is 5.73. The highest BCUT2D eigenvalue weighted by Crippen LogP contribution is 2.17. The van der Waals surface area contributed by atoms with Gasteiger partial charge >= 0.3 is 5.97 Å². The Morgan fingerprint density at radius 2 is 1.93 bits per heavy atom. The summed E-state index contributed by atoms with van der Waals surface area (Å²) in [5.74, 6) is 0.236. The van der Waals surface area contributed by atoms with E-state index >= 15 is 0 Å². The number of aromatic nitrogens is 2. The van der Waals surface area contributed by atoms with Crippen LogP contribution in [0.1, 0.15) is 28.7 Å². The van der Waals surface area contributed by atoms with Gasteiger partial charge < -0.3 is 19.2 Å². The van der Waals surface area contributed by atoms with Crippen molar-refractivity contribution in [1.29, 1.82) is 5.41 Å². The van der Waals surface area contributed by atoms with Crippen LogP contribution in [0.2, 0.25) is 0 Å². The first-order valence-corrected chi connectivity index (χ1v) is 8.88. The van der Waals surface area contributed by atoms with Gasteiger partial charge in [-0.15, -0.1) is 0 Å². The van der Waals surface area contributed by atoms with Gasteiger partial charge in [0.1, 0.15) is 17.1 Å². The lowest BCUT2D eigenvalue weighted by Gasteiger charge is -2.10. The molecule has 0 aliphatic carbocycles. The lowest BCUT2D eigenvalue weighted by Crippen LogP contribution is -2.18. The minimum atomic E-state index is -0.515. The third-order valence-electron chi connectivity index (χ3n) is 3.80. The van der Waals surface area contributed by atoms with E-state index in [2.05, 4.69) is 15.0 Å². The minimum Gasteiger partial charge on any atom is -0.481 e. The van der Waals surface area contributed by atoms with Crippen LogP contribution >= 0.6 is 0 Å². The fourth-order valence-electron chi connectivity index (χ4n) is 2.47. The molecule has 0 aliphatic rings. The number of para-hydroxylation sites is 1. The molecule has 1 aromatic carbocycles. The van der Waals surface area contributed by atoms with E-state index in [0.717, 1.165) is 0 Å². The van der Waals surface area contributed by atoms with Crippen molar-refractivity contribution < 1.29 is 19.0 Å². The molecule has 8 nitrogen and oxygen atoms in total. The molecule has 0 radical (unpaired) electrons. The van der Waals surface area contributed by atoms with Gasteiger partial charge in [-0.3, -0.25) is 5.41 Å². The topological polar surface area (TPSA) is 110 Å². The number of methoxy groups -OCH3 is 1. The quantitative estimate of drug-likeness (QED) is 0.379. The summed E-state index contributed by atoms with van der Waals surface area (Å²) in [6.07, 6.45) is 1.58. The molecular formula is C21H20N4O4. The molecule has 0 saturated carbocycles. The summed E-state index contributed by atoms with van der Waals surface area (Å²) in [4.78, 5) is 23.7. The number of aliphatic imine (C=N–C) groups is 1. The summed E-state index contributed by atoms with van der Waals surface area (Å²) in [6.45, 7) is 1.96. The highest BCUT2D eigenvalue weighted by atomic mass is 16.5. The molecule has 0 atom stereocenters. The van der Waals surface area contributed by atoms with Gasteiger partial charge in [0.2, 0.25) is 11.8 Å². The number of carbonyl (C=O) groups is 1. The van der Waals surface area contributed by atoms with Gasteiger partial charge in [0.05, 0.1) is 19.3 Å². The Bertz CT molecular complexity index is 1030. The number of rotatable bonds is 6. The summed E-state index contributed by atoms with van der Waals surface area (Å²) in [5, 5.41) is 8.34. The molecule has 0 amide bonds. The molecule has 2 aromatic heterocycles. The van der Waals surface area contributed by atoms with E-state index in [9.17, 15) is 4.79 Å². The van der Waals surface area contributed by atoms with Gasteiger partial charge in [-0.05, 0) is 31.2 Å². The monoisotopic (exact) mass is 392 g/mol. The van der Waals surface area contributed by atoms with Crippen molar-refractivity contribution in [2.75, 3.05) is 13.7 Å². The lowest BCUT2D eigenvalue weighted by molar-refractivity contribution is 0.0526. The lowest BCUT2D eigenvalue weighted by atomic mass is 10.2. The summed E-state index contributed by atoms with van der Waals surface area (Å²) in [7, 11) is 1.49. The maximum absolute atomic E-state index is 12.3. The largest absolute Gasteiger partial charge is 0.481 e. The summed E-state index contributed by atoms with van der Waals surface area (Å²) in [6, 6.07) is 15.6. The van der Waals surface area contributed by atoms with E-state index in [1.54, 1.807) is 49.5 Å². The molecule has 0 bridgehead atoms. The maximum atomic E-state index is 12.3. The van der Waals surface area contributed by atoms with Gasteiger partial charge in [-0.25, -0.2) is 9.78 Å². The fraction of sp³-hybridized carbons (Fsp3) is 0.143. The summed E-state index contributed by atoms with van der Waals surface area (Å²) in [5.41, 5.74) is 0.857. The number of nitrogens with one attached hydrogen (secondary N) is 2. The molecular weight excluding hydrogens is 372 g/mol. The molecule has 3 aromatic rings.